The minimum absolute atomic E-state index is 0.228. The molecule has 1 saturated heterocycles. The Labute approximate surface area is 148 Å². The largest absolute Gasteiger partial charge is 0.347 e. The van der Waals surface area contributed by atoms with Crippen LogP contribution in [0.2, 0.25) is 0 Å². The summed E-state index contributed by atoms with van der Waals surface area (Å²) < 4.78 is 39.8. The quantitative estimate of drug-likeness (QED) is 0.908. The third kappa shape index (κ3) is 3.58. The van der Waals surface area contributed by atoms with Crippen molar-refractivity contribution < 1.29 is 17.9 Å². The molecule has 2 aromatic rings. The van der Waals surface area contributed by atoms with Crippen LogP contribution in [0.5, 0.6) is 0 Å². The van der Waals surface area contributed by atoms with Crippen molar-refractivity contribution in [1.82, 2.24) is 4.72 Å². The Morgan fingerprint density at radius 2 is 1.80 bits per heavy atom. The molecule has 1 heterocycles. The minimum atomic E-state index is -3.57. The van der Waals surface area contributed by atoms with Crippen LogP contribution < -0.4 is 4.72 Å². The molecule has 134 valence electrons. The molecule has 0 bridgehead atoms. The van der Waals surface area contributed by atoms with Crippen molar-refractivity contribution in [3.05, 3.63) is 42.5 Å². The molecule has 1 saturated carbocycles. The summed E-state index contributed by atoms with van der Waals surface area (Å²) in [5.74, 6) is -0.475. The molecule has 0 radical (unpaired) electrons. The van der Waals surface area contributed by atoms with Gasteiger partial charge >= 0.3 is 0 Å². The van der Waals surface area contributed by atoms with Gasteiger partial charge in [0, 0.05) is 19.4 Å². The average molecular weight is 361 g/mol. The zero-order valence-electron chi connectivity index (χ0n) is 14.1. The van der Waals surface area contributed by atoms with Crippen molar-refractivity contribution in [1.29, 1.82) is 0 Å². The molecule has 4 rings (SSSR count). The molecule has 2 aromatic carbocycles. The normalized spacial score (nSPS) is 23.3. The third-order valence-electron chi connectivity index (χ3n) is 5.06. The molecule has 2 aliphatic rings. The van der Waals surface area contributed by atoms with Crippen molar-refractivity contribution in [3.63, 3.8) is 0 Å². The molecular weight excluding hydrogens is 338 g/mol. The number of fused-ring (bicyclic) bond motifs is 1. The van der Waals surface area contributed by atoms with E-state index in [0.29, 0.717) is 6.61 Å². The molecule has 2 fully saturated rings. The first-order valence-electron chi connectivity index (χ1n) is 8.87. The first-order chi connectivity index (χ1) is 12.1. The first kappa shape index (κ1) is 17.0. The van der Waals surface area contributed by atoms with Crippen molar-refractivity contribution in [2.45, 2.75) is 48.9 Å². The van der Waals surface area contributed by atoms with E-state index in [1.54, 1.807) is 12.1 Å². The summed E-state index contributed by atoms with van der Waals surface area (Å²) in [5.41, 5.74) is 0. The van der Waals surface area contributed by atoms with Gasteiger partial charge in [-0.25, -0.2) is 13.1 Å². The Morgan fingerprint density at radius 1 is 1.04 bits per heavy atom. The summed E-state index contributed by atoms with van der Waals surface area (Å²) in [6.45, 7) is 0.678. The molecule has 0 amide bonds. The van der Waals surface area contributed by atoms with E-state index in [2.05, 4.69) is 4.72 Å². The second kappa shape index (κ2) is 6.68. The van der Waals surface area contributed by atoms with Crippen LogP contribution in [0.3, 0.4) is 0 Å². The highest BCUT2D eigenvalue weighted by Crippen LogP contribution is 2.37. The summed E-state index contributed by atoms with van der Waals surface area (Å²) in [6.07, 6.45) is 5.01. The van der Waals surface area contributed by atoms with Gasteiger partial charge in [-0.15, -0.1) is 0 Å². The van der Waals surface area contributed by atoms with E-state index in [0.717, 1.165) is 36.5 Å². The third-order valence-corrected chi connectivity index (χ3v) is 6.48. The van der Waals surface area contributed by atoms with Gasteiger partial charge in [-0.1, -0.05) is 36.8 Å². The lowest BCUT2D eigenvalue weighted by molar-refractivity contribution is -0.186. The Balaban J connectivity index is 1.42. The predicted octanol–water partition coefficient (Wildman–Crippen LogP) is 3.19. The van der Waals surface area contributed by atoms with Crippen LogP contribution >= 0.6 is 0 Å². The predicted molar refractivity (Wildman–Crippen MR) is 95.8 cm³/mol. The zero-order valence-corrected chi connectivity index (χ0v) is 14.9. The van der Waals surface area contributed by atoms with Crippen LogP contribution in [-0.4, -0.2) is 33.5 Å². The molecule has 1 spiro atoms. The van der Waals surface area contributed by atoms with Gasteiger partial charge in [0.05, 0.1) is 17.6 Å². The number of nitrogens with one attached hydrogen (secondary N) is 1. The van der Waals surface area contributed by atoms with E-state index in [1.807, 2.05) is 30.3 Å². The number of hydrogen-bond acceptors (Lipinski definition) is 4. The van der Waals surface area contributed by atoms with Crippen molar-refractivity contribution >= 4 is 20.8 Å². The van der Waals surface area contributed by atoms with Crippen LogP contribution in [0.4, 0.5) is 0 Å². The van der Waals surface area contributed by atoms with Crippen molar-refractivity contribution in [2.75, 3.05) is 13.2 Å². The Kier molecular flexibility index (Phi) is 4.54. The molecule has 5 nitrogen and oxygen atoms in total. The molecule has 1 aliphatic heterocycles. The maximum absolute atomic E-state index is 12.6. The van der Waals surface area contributed by atoms with E-state index >= 15 is 0 Å². The Morgan fingerprint density at radius 3 is 2.60 bits per heavy atom. The van der Waals surface area contributed by atoms with E-state index in [9.17, 15) is 8.42 Å². The molecule has 25 heavy (non-hydrogen) atoms. The van der Waals surface area contributed by atoms with Gasteiger partial charge in [0.15, 0.2) is 5.79 Å². The Bertz CT molecular complexity index is 859. The fraction of sp³-hybridized carbons (Fsp3) is 0.474. The van der Waals surface area contributed by atoms with Gasteiger partial charge in [-0.05, 0) is 35.7 Å². The minimum Gasteiger partial charge on any atom is -0.347 e. The maximum atomic E-state index is 12.6. The summed E-state index contributed by atoms with van der Waals surface area (Å²) >= 11 is 0. The number of hydrogen-bond donors (Lipinski definition) is 1. The van der Waals surface area contributed by atoms with Crippen LogP contribution in [0.1, 0.15) is 32.1 Å². The number of sulfonamides is 1. The molecule has 1 aliphatic carbocycles. The molecular formula is C19H23NO4S. The second-order valence-corrected chi connectivity index (χ2v) is 8.65. The standard InChI is InChI=1S/C19H23NO4S/c21-25(22,18-9-8-15-6-2-3-7-16(15)12-18)20-13-17-14-23-19(24-17)10-4-1-5-11-19/h2-3,6-9,12,17,20H,1,4-5,10-11,13-14H2/t17-/m0/s1. The monoisotopic (exact) mass is 361 g/mol. The molecule has 0 unspecified atom stereocenters. The van der Waals surface area contributed by atoms with Gasteiger partial charge in [0.1, 0.15) is 0 Å². The van der Waals surface area contributed by atoms with Gasteiger partial charge in [-0.3, -0.25) is 0 Å². The smallest absolute Gasteiger partial charge is 0.240 e. The second-order valence-electron chi connectivity index (χ2n) is 6.88. The highest BCUT2D eigenvalue weighted by atomic mass is 32.2. The highest BCUT2D eigenvalue weighted by Gasteiger charge is 2.42. The molecule has 1 N–H and O–H groups in total. The summed E-state index contributed by atoms with van der Waals surface area (Å²) in [5, 5.41) is 1.93. The SMILES string of the molecule is O=S(=O)(NC[C@H]1COC2(CCCCC2)O1)c1ccc2ccccc2c1. The molecule has 0 aromatic heterocycles. The maximum Gasteiger partial charge on any atom is 0.240 e. The van der Waals surface area contributed by atoms with E-state index in [-0.39, 0.29) is 17.5 Å². The Hall–Kier alpha value is -1.47. The van der Waals surface area contributed by atoms with Crippen molar-refractivity contribution in [2.24, 2.45) is 0 Å². The van der Waals surface area contributed by atoms with Crippen LogP contribution in [0.15, 0.2) is 47.4 Å². The van der Waals surface area contributed by atoms with E-state index in [1.165, 1.54) is 6.42 Å². The fourth-order valence-corrected chi connectivity index (χ4v) is 4.79. The summed E-state index contributed by atoms with van der Waals surface area (Å²) in [4.78, 5) is 0.275. The van der Waals surface area contributed by atoms with Gasteiger partial charge in [0.2, 0.25) is 10.0 Å². The van der Waals surface area contributed by atoms with E-state index < -0.39 is 15.8 Å². The topological polar surface area (TPSA) is 64.6 Å². The zero-order chi connectivity index (χ0) is 17.3. The number of rotatable bonds is 4. The summed E-state index contributed by atoms with van der Waals surface area (Å²) in [7, 11) is -3.57. The van der Waals surface area contributed by atoms with Crippen LogP contribution in [-0.2, 0) is 19.5 Å². The number of ether oxygens (including phenoxy) is 2. The lowest BCUT2D eigenvalue weighted by atomic mass is 9.94. The van der Waals surface area contributed by atoms with E-state index in [4.69, 9.17) is 9.47 Å². The van der Waals surface area contributed by atoms with Gasteiger partial charge in [-0.2, -0.15) is 0 Å². The lowest BCUT2D eigenvalue weighted by Crippen LogP contribution is -2.37. The molecule has 1 atom stereocenters. The highest BCUT2D eigenvalue weighted by molar-refractivity contribution is 7.89. The molecule has 6 heteroatoms. The lowest BCUT2D eigenvalue weighted by Gasteiger charge is -2.31. The van der Waals surface area contributed by atoms with Crippen molar-refractivity contribution in [3.8, 4) is 0 Å². The summed E-state index contributed by atoms with van der Waals surface area (Å²) in [6, 6.07) is 12.9. The van der Waals surface area contributed by atoms with Gasteiger partial charge in [0.25, 0.3) is 0 Å². The first-order valence-corrected chi connectivity index (χ1v) is 10.3. The van der Waals surface area contributed by atoms with Crippen LogP contribution in [0, 0.1) is 0 Å². The van der Waals surface area contributed by atoms with Gasteiger partial charge < -0.3 is 9.47 Å². The number of benzene rings is 2. The van der Waals surface area contributed by atoms with Crippen LogP contribution in [0.25, 0.3) is 10.8 Å². The average Bonchev–Trinajstić information content (AvgIpc) is 3.03. The fourth-order valence-electron chi connectivity index (χ4n) is 3.69.